The third kappa shape index (κ3) is 4.75. The summed E-state index contributed by atoms with van der Waals surface area (Å²) in [4.78, 5) is 14.5. The van der Waals surface area contributed by atoms with Crippen LogP contribution >= 0.6 is 11.8 Å². The van der Waals surface area contributed by atoms with Gasteiger partial charge in [0.15, 0.2) is 0 Å². The van der Waals surface area contributed by atoms with Crippen molar-refractivity contribution in [3.63, 3.8) is 0 Å². The number of nitrogens with one attached hydrogen (secondary N) is 1. The molecular formula is C18H23FN4O2S. The van der Waals surface area contributed by atoms with E-state index in [9.17, 15) is 9.18 Å². The van der Waals surface area contributed by atoms with Crippen LogP contribution in [0.25, 0.3) is 0 Å². The molecule has 1 aromatic heterocycles. The molecule has 1 saturated heterocycles. The average molecular weight is 378 g/mol. The van der Waals surface area contributed by atoms with E-state index in [0.29, 0.717) is 23.4 Å². The van der Waals surface area contributed by atoms with E-state index in [4.69, 9.17) is 4.42 Å². The van der Waals surface area contributed by atoms with Crippen LogP contribution in [0.2, 0.25) is 0 Å². The van der Waals surface area contributed by atoms with Crippen LogP contribution in [0.3, 0.4) is 0 Å². The van der Waals surface area contributed by atoms with E-state index >= 15 is 0 Å². The smallest absolute Gasteiger partial charge is 0.277 e. The molecule has 0 aliphatic carbocycles. The van der Waals surface area contributed by atoms with Crippen molar-refractivity contribution in [2.75, 3.05) is 11.1 Å². The predicted octanol–water partition coefficient (Wildman–Crippen LogP) is 3.70. The number of rotatable bonds is 6. The molecule has 6 nitrogen and oxygen atoms in total. The third-order valence-corrected chi connectivity index (χ3v) is 5.34. The van der Waals surface area contributed by atoms with Gasteiger partial charge < -0.3 is 14.6 Å². The highest BCUT2D eigenvalue weighted by atomic mass is 32.2. The van der Waals surface area contributed by atoms with E-state index in [1.165, 1.54) is 30.3 Å². The first-order chi connectivity index (χ1) is 12.5. The zero-order valence-electron chi connectivity index (χ0n) is 14.9. The van der Waals surface area contributed by atoms with Crippen molar-refractivity contribution in [1.82, 2.24) is 15.1 Å². The molecule has 0 saturated carbocycles. The first kappa shape index (κ1) is 18.7. The van der Waals surface area contributed by atoms with Crippen molar-refractivity contribution < 1.29 is 13.6 Å². The number of nitrogens with zero attached hydrogens (tertiary/aromatic N) is 3. The van der Waals surface area contributed by atoms with Crippen LogP contribution in [-0.4, -0.2) is 38.8 Å². The van der Waals surface area contributed by atoms with Crippen LogP contribution in [-0.2, 0) is 11.3 Å². The van der Waals surface area contributed by atoms with E-state index < -0.39 is 0 Å². The highest BCUT2D eigenvalue weighted by molar-refractivity contribution is 7.99. The second kappa shape index (κ2) is 8.53. The van der Waals surface area contributed by atoms with E-state index in [1.54, 1.807) is 12.1 Å². The molecule has 2 heterocycles. The number of benzene rings is 1. The van der Waals surface area contributed by atoms with Crippen LogP contribution in [0.1, 0.15) is 39.0 Å². The van der Waals surface area contributed by atoms with Crippen molar-refractivity contribution in [3.8, 4) is 0 Å². The Morgan fingerprint density at radius 2 is 1.96 bits per heavy atom. The zero-order valence-corrected chi connectivity index (χ0v) is 15.8. The molecule has 1 N–H and O–H groups in total. The summed E-state index contributed by atoms with van der Waals surface area (Å²) in [6.45, 7) is 4.54. The summed E-state index contributed by atoms with van der Waals surface area (Å²) in [5.41, 5.74) is 0.766. The maximum Gasteiger partial charge on any atom is 0.277 e. The van der Waals surface area contributed by atoms with Gasteiger partial charge in [-0.05, 0) is 57.4 Å². The van der Waals surface area contributed by atoms with Gasteiger partial charge in [-0.25, -0.2) is 4.39 Å². The standard InChI is InChI=1S/C18H23FN4O2S/c1-12-4-3-5-13(2)23(12)17(24)11-26-18-22-21-16(25-18)10-20-15-8-6-14(19)7-9-15/h6-9,12-13,20H,3-5,10-11H2,1-2H3. The van der Waals surface area contributed by atoms with Crippen LogP contribution in [0.15, 0.2) is 33.9 Å². The van der Waals surface area contributed by atoms with Gasteiger partial charge in [-0.15, -0.1) is 10.2 Å². The summed E-state index contributed by atoms with van der Waals surface area (Å²) in [5, 5.41) is 11.4. The van der Waals surface area contributed by atoms with Crippen molar-refractivity contribution in [2.24, 2.45) is 0 Å². The molecule has 2 unspecified atom stereocenters. The second-order valence-corrected chi connectivity index (χ2v) is 7.47. The van der Waals surface area contributed by atoms with Gasteiger partial charge in [-0.3, -0.25) is 4.79 Å². The number of amides is 1. The first-order valence-electron chi connectivity index (χ1n) is 8.78. The van der Waals surface area contributed by atoms with Gasteiger partial charge in [0.05, 0.1) is 12.3 Å². The Bertz CT molecular complexity index is 727. The van der Waals surface area contributed by atoms with Crippen LogP contribution in [0, 0.1) is 5.82 Å². The SMILES string of the molecule is CC1CCCC(C)N1C(=O)CSc1nnc(CNc2ccc(F)cc2)o1. The van der Waals surface area contributed by atoms with Gasteiger partial charge in [0.1, 0.15) is 5.82 Å². The molecule has 0 spiro atoms. The molecule has 1 aromatic carbocycles. The molecular weight excluding hydrogens is 355 g/mol. The first-order valence-corrected chi connectivity index (χ1v) is 9.77. The monoisotopic (exact) mass is 378 g/mol. The summed E-state index contributed by atoms with van der Waals surface area (Å²) in [6.07, 6.45) is 3.29. The topological polar surface area (TPSA) is 71.3 Å². The Hall–Kier alpha value is -2.09. The zero-order chi connectivity index (χ0) is 18.5. The number of anilines is 1. The Kier molecular flexibility index (Phi) is 6.13. The second-order valence-electron chi connectivity index (χ2n) is 6.54. The Morgan fingerprint density at radius 1 is 1.27 bits per heavy atom. The lowest BCUT2D eigenvalue weighted by atomic mass is 9.98. The van der Waals surface area contributed by atoms with Gasteiger partial charge in [0.25, 0.3) is 5.22 Å². The number of carbonyl (C=O) groups excluding carboxylic acids is 1. The Labute approximate surface area is 156 Å². The lowest BCUT2D eigenvalue weighted by Crippen LogP contribution is -2.48. The summed E-state index contributed by atoms with van der Waals surface area (Å²) in [5.74, 6) is 0.540. The fourth-order valence-electron chi connectivity index (χ4n) is 3.22. The van der Waals surface area contributed by atoms with Gasteiger partial charge >= 0.3 is 0 Å². The predicted molar refractivity (Wildman–Crippen MR) is 98.4 cm³/mol. The van der Waals surface area contributed by atoms with Crippen LogP contribution in [0.4, 0.5) is 10.1 Å². The number of hydrogen-bond donors (Lipinski definition) is 1. The molecule has 1 fully saturated rings. The quantitative estimate of drug-likeness (QED) is 0.773. The molecule has 0 bridgehead atoms. The number of hydrogen-bond acceptors (Lipinski definition) is 6. The largest absolute Gasteiger partial charge is 0.414 e. The maximum absolute atomic E-state index is 12.9. The number of piperidine rings is 1. The summed E-state index contributed by atoms with van der Waals surface area (Å²) < 4.78 is 18.4. The van der Waals surface area contributed by atoms with E-state index in [-0.39, 0.29) is 23.8 Å². The normalized spacial score (nSPS) is 20.2. The summed E-state index contributed by atoms with van der Waals surface area (Å²) in [7, 11) is 0. The molecule has 0 radical (unpaired) electrons. The minimum atomic E-state index is -0.283. The molecule has 3 rings (SSSR count). The molecule has 1 aliphatic rings. The fraction of sp³-hybridized carbons (Fsp3) is 0.500. The minimum absolute atomic E-state index is 0.110. The highest BCUT2D eigenvalue weighted by Crippen LogP contribution is 2.25. The number of aromatic nitrogens is 2. The maximum atomic E-state index is 12.9. The molecule has 2 atom stereocenters. The Morgan fingerprint density at radius 3 is 2.65 bits per heavy atom. The summed E-state index contributed by atoms with van der Waals surface area (Å²) in [6, 6.07) is 6.61. The lowest BCUT2D eigenvalue weighted by Gasteiger charge is -2.39. The summed E-state index contributed by atoms with van der Waals surface area (Å²) >= 11 is 1.26. The van der Waals surface area contributed by atoms with Crippen LogP contribution in [0.5, 0.6) is 0 Å². The molecule has 26 heavy (non-hydrogen) atoms. The average Bonchev–Trinajstić information content (AvgIpc) is 3.07. The lowest BCUT2D eigenvalue weighted by molar-refractivity contribution is -0.134. The van der Waals surface area contributed by atoms with Crippen molar-refractivity contribution in [1.29, 1.82) is 0 Å². The van der Waals surface area contributed by atoms with Crippen molar-refractivity contribution in [2.45, 2.75) is 57.0 Å². The van der Waals surface area contributed by atoms with Gasteiger partial charge in [0, 0.05) is 17.8 Å². The van der Waals surface area contributed by atoms with Gasteiger partial charge in [-0.1, -0.05) is 11.8 Å². The Balaban J connectivity index is 1.48. The molecule has 140 valence electrons. The molecule has 1 amide bonds. The van der Waals surface area contributed by atoms with Crippen molar-refractivity contribution in [3.05, 3.63) is 36.0 Å². The third-order valence-electron chi connectivity index (χ3n) is 4.54. The van der Waals surface area contributed by atoms with E-state index in [1.807, 2.05) is 4.90 Å². The molecule has 1 aliphatic heterocycles. The number of halogens is 1. The molecule has 2 aromatic rings. The number of carbonyl (C=O) groups is 1. The van der Waals surface area contributed by atoms with Gasteiger partial charge in [-0.2, -0.15) is 0 Å². The highest BCUT2D eigenvalue weighted by Gasteiger charge is 2.29. The minimum Gasteiger partial charge on any atom is -0.414 e. The van der Waals surface area contributed by atoms with Crippen molar-refractivity contribution >= 4 is 23.4 Å². The van der Waals surface area contributed by atoms with Gasteiger partial charge in [0.2, 0.25) is 11.8 Å². The number of thioether (sulfide) groups is 1. The fourth-order valence-corrected chi connectivity index (χ4v) is 3.87. The number of likely N-dealkylation sites (tertiary alicyclic amines) is 1. The van der Waals surface area contributed by atoms with E-state index in [2.05, 4.69) is 29.4 Å². The van der Waals surface area contributed by atoms with Crippen LogP contribution < -0.4 is 5.32 Å². The molecule has 8 heteroatoms. The van der Waals surface area contributed by atoms with E-state index in [0.717, 1.165) is 18.5 Å².